The summed E-state index contributed by atoms with van der Waals surface area (Å²) >= 11 is 6.55. The topological polar surface area (TPSA) is 92.2 Å². The summed E-state index contributed by atoms with van der Waals surface area (Å²) in [6.07, 6.45) is 0.138. The number of aryl methyl sites for hydroxylation is 1. The van der Waals surface area contributed by atoms with Gasteiger partial charge in [0.25, 0.3) is 5.91 Å². The van der Waals surface area contributed by atoms with Crippen LogP contribution in [0.5, 0.6) is 0 Å². The summed E-state index contributed by atoms with van der Waals surface area (Å²) in [5.41, 5.74) is 0.849. The van der Waals surface area contributed by atoms with Crippen molar-refractivity contribution in [2.45, 2.75) is 25.8 Å². The molecular weight excluding hydrogens is 345 g/mol. The van der Waals surface area contributed by atoms with E-state index in [1.165, 1.54) is 12.1 Å². The Hall–Kier alpha value is -2.06. The van der Waals surface area contributed by atoms with Gasteiger partial charge < -0.3 is 10.4 Å². The Kier molecular flexibility index (Phi) is 5.62. The van der Waals surface area contributed by atoms with Crippen LogP contribution in [0.25, 0.3) is 0 Å². The highest BCUT2D eigenvalue weighted by molar-refractivity contribution is 7.08. The number of benzene rings is 1. The molecule has 23 heavy (non-hydrogen) atoms. The summed E-state index contributed by atoms with van der Waals surface area (Å²) in [7, 11) is 0. The van der Waals surface area contributed by atoms with Crippen LogP contribution in [-0.4, -0.2) is 26.6 Å². The Morgan fingerprint density at radius 1 is 1.48 bits per heavy atom. The van der Waals surface area contributed by atoms with E-state index in [1.807, 2.05) is 6.92 Å². The Labute approximate surface area is 140 Å². The van der Waals surface area contributed by atoms with E-state index >= 15 is 0 Å². The predicted molar refractivity (Wildman–Crippen MR) is 83.2 cm³/mol. The van der Waals surface area contributed by atoms with E-state index < -0.39 is 23.7 Å². The van der Waals surface area contributed by atoms with Gasteiger partial charge in [-0.15, -0.1) is 5.10 Å². The number of aliphatic carboxylic acids is 1. The minimum atomic E-state index is -1.12. The van der Waals surface area contributed by atoms with E-state index in [0.717, 1.165) is 17.6 Å². The molecule has 1 aromatic carbocycles. The number of nitrogens with zero attached hydrogens (tertiary/aromatic N) is 2. The average Bonchev–Trinajstić information content (AvgIpc) is 2.97. The summed E-state index contributed by atoms with van der Waals surface area (Å²) in [5.74, 6) is -2.29. The molecule has 6 nitrogen and oxygen atoms in total. The first-order valence-corrected chi connectivity index (χ1v) is 7.86. The van der Waals surface area contributed by atoms with Crippen molar-refractivity contribution < 1.29 is 19.1 Å². The van der Waals surface area contributed by atoms with Crippen LogP contribution in [0.4, 0.5) is 4.39 Å². The molecule has 0 radical (unpaired) electrons. The first-order chi connectivity index (χ1) is 10.9. The molecule has 2 rings (SSSR count). The highest BCUT2D eigenvalue weighted by Gasteiger charge is 2.23. The number of aromatic nitrogens is 2. The number of carboxylic acids is 1. The Morgan fingerprint density at radius 2 is 2.22 bits per heavy atom. The van der Waals surface area contributed by atoms with Crippen LogP contribution >= 0.6 is 23.1 Å². The van der Waals surface area contributed by atoms with Gasteiger partial charge in [0.1, 0.15) is 10.7 Å². The van der Waals surface area contributed by atoms with E-state index in [9.17, 15) is 14.0 Å². The molecule has 0 aliphatic rings. The highest BCUT2D eigenvalue weighted by atomic mass is 35.5. The molecule has 1 atom stereocenters. The second kappa shape index (κ2) is 7.47. The van der Waals surface area contributed by atoms with Gasteiger partial charge >= 0.3 is 5.97 Å². The fourth-order valence-electron chi connectivity index (χ4n) is 1.99. The van der Waals surface area contributed by atoms with E-state index in [1.54, 1.807) is 0 Å². The zero-order valence-corrected chi connectivity index (χ0v) is 13.6. The second-order valence-corrected chi connectivity index (χ2v) is 5.86. The van der Waals surface area contributed by atoms with E-state index in [2.05, 4.69) is 14.9 Å². The molecule has 1 aromatic heterocycles. The maximum absolute atomic E-state index is 13.6. The van der Waals surface area contributed by atoms with Crippen molar-refractivity contribution in [1.29, 1.82) is 0 Å². The number of carbonyl (C=O) groups excluding carboxylic acids is 1. The van der Waals surface area contributed by atoms with E-state index in [4.69, 9.17) is 16.7 Å². The van der Waals surface area contributed by atoms with Crippen molar-refractivity contribution in [2.75, 3.05) is 0 Å². The zero-order chi connectivity index (χ0) is 17.0. The third-order valence-electron chi connectivity index (χ3n) is 3.13. The number of carbonyl (C=O) groups is 2. The van der Waals surface area contributed by atoms with Crippen LogP contribution in [0.2, 0.25) is 5.02 Å². The van der Waals surface area contributed by atoms with Crippen molar-refractivity contribution in [1.82, 2.24) is 14.9 Å². The molecular formula is C14H13ClFN3O3S. The third-order valence-corrected chi connectivity index (χ3v) is 4.20. The molecule has 1 heterocycles. The third kappa shape index (κ3) is 4.23. The van der Waals surface area contributed by atoms with Crippen LogP contribution < -0.4 is 5.32 Å². The SMILES string of the molecule is CCc1nnsc1C(=O)NC(CC(=O)O)c1ccc(Cl)c(F)c1. The quantitative estimate of drug-likeness (QED) is 0.829. The molecule has 2 aromatic rings. The molecule has 1 amide bonds. The van der Waals surface area contributed by atoms with E-state index in [0.29, 0.717) is 22.6 Å². The van der Waals surface area contributed by atoms with Crippen molar-refractivity contribution in [3.8, 4) is 0 Å². The summed E-state index contributed by atoms with van der Waals surface area (Å²) in [6.45, 7) is 1.83. The Bertz CT molecular complexity index is 738. The largest absolute Gasteiger partial charge is 0.481 e. The molecule has 0 aliphatic carbocycles. The molecule has 122 valence electrons. The fourth-order valence-corrected chi connectivity index (χ4v) is 2.76. The van der Waals surface area contributed by atoms with Crippen molar-refractivity contribution in [3.63, 3.8) is 0 Å². The van der Waals surface area contributed by atoms with Crippen LogP contribution in [0, 0.1) is 5.82 Å². The minimum Gasteiger partial charge on any atom is -0.481 e. The molecule has 2 N–H and O–H groups in total. The van der Waals surface area contributed by atoms with Crippen molar-refractivity contribution >= 4 is 35.0 Å². The standard InChI is InChI=1S/C14H13ClFN3O3S/c1-2-10-13(23-19-18-10)14(22)17-11(6-12(20)21)7-3-4-8(15)9(16)5-7/h3-5,11H,2,6H2,1H3,(H,17,22)(H,20,21). The molecule has 9 heteroatoms. The summed E-state index contributed by atoms with van der Waals surface area (Å²) < 4.78 is 17.3. The molecule has 0 fully saturated rings. The highest BCUT2D eigenvalue weighted by Crippen LogP contribution is 2.23. The molecule has 0 saturated carbocycles. The lowest BCUT2D eigenvalue weighted by Crippen LogP contribution is -2.30. The summed E-state index contributed by atoms with van der Waals surface area (Å²) in [6, 6.07) is 3.02. The number of rotatable bonds is 6. The number of hydrogen-bond acceptors (Lipinski definition) is 5. The monoisotopic (exact) mass is 357 g/mol. The minimum absolute atomic E-state index is 0.0749. The molecule has 0 spiro atoms. The van der Waals surface area contributed by atoms with Crippen molar-refractivity contribution in [2.24, 2.45) is 0 Å². The molecule has 0 bridgehead atoms. The van der Waals surface area contributed by atoms with Gasteiger partial charge in [-0.25, -0.2) is 4.39 Å². The Balaban J connectivity index is 2.26. The number of amides is 1. The fraction of sp³-hybridized carbons (Fsp3) is 0.286. The van der Waals surface area contributed by atoms with Crippen LogP contribution in [0.3, 0.4) is 0 Å². The van der Waals surface area contributed by atoms with Gasteiger partial charge in [-0.05, 0) is 35.6 Å². The van der Waals surface area contributed by atoms with Gasteiger partial charge in [0, 0.05) is 0 Å². The van der Waals surface area contributed by atoms with Gasteiger partial charge in [-0.3, -0.25) is 9.59 Å². The lowest BCUT2D eigenvalue weighted by atomic mass is 10.0. The lowest BCUT2D eigenvalue weighted by Gasteiger charge is -2.17. The van der Waals surface area contributed by atoms with E-state index in [-0.39, 0.29) is 11.4 Å². The number of halogens is 2. The number of carboxylic acid groups (broad SMARTS) is 1. The molecule has 0 aliphatic heterocycles. The van der Waals surface area contributed by atoms with Gasteiger partial charge in [0.2, 0.25) is 0 Å². The predicted octanol–water partition coefficient (Wildman–Crippen LogP) is 2.84. The van der Waals surface area contributed by atoms with Crippen LogP contribution in [0.15, 0.2) is 18.2 Å². The maximum atomic E-state index is 13.6. The van der Waals surface area contributed by atoms with Crippen molar-refractivity contribution in [3.05, 3.63) is 45.2 Å². The summed E-state index contributed by atoms with van der Waals surface area (Å²) in [4.78, 5) is 23.7. The zero-order valence-electron chi connectivity index (χ0n) is 12.0. The van der Waals surface area contributed by atoms with Gasteiger partial charge in [0.05, 0.1) is 23.2 Å². The van der Waals surface area contributed by atoms with Gasteiger partial charge in [-0.1, -0.05) is 29.1 Å². The smallest absolute Gasteiger partial charge is 0.305 e. The summed E-state index contributed by atoms with van der Waals surface area (Å²) in [5, 5.41) is 15.4. The van der Waals surface area contributed by atoms with Gasteiger partial charge in [-0.2, -0.15) is 0 Å². The van der Waals surface area contributed by atoms with Gasteiger partial charge in [0.15, 0.2) is 0 Å². The molecule has 0 saturated heterocycles. The maximum Gasteiger partial charge on any atom is 0.305 e. The average molecular weight is 358 g/mol. The normalized spacial score (nSPS) is 12.0. The Morgan fingerprint density at radius 3 is 2.83 bits per heavy atom. The first kappa shape index (κ1) is 17.3. The first-order valence-electron chi connectivity index (χ1n) is 6.71. The second-order valence-electron chi connectivity index (χ2n) is 4.70. The number of hydrogen-bond donors (Lipinski definition) is 2. The lowest BCUT2D eigenvalue weighted by molar-refractivity contribution is -0.137. The number of nitrogens with one attached hydrogen (secondary N) is 1. The molecule has 1 unspecified atom stereocenters. The van der Waals surface area contributed by atoms with Crippen LogP contribution in [0.1, 0.15) is 40.3 Å². The van der Waals surface area contributed by atoms with Crippen LogP contribution in [-0.2, 0) is 11.2 Å².